The molecule has 0 amide bonds. The van der Waals surface area contributed by atoms with Crippen LogP contribution in [-0.4, -0.2) is 23.2 Å². The Morgan fingerprint density at radius 1 is 1.38 bits per heavy atom. The number of benzene rings is 1. The van der Waals surface area contributed by atoms with E-state index < -0.39 is 0 Å². The molecule has 0 fully saturated rings. The van der Waals surface area contributed by atoms with Crippen molar-refractivity contribution in [3.63, 3.8) is 0 Å². The third-order valence-electron chi connectivity index (χ3n) is 1.93. The molecule has 1 N–H and O–H groups in total. The van der Waals surface area contributed by atoms with Gasteiger partial charge in [-0.2, -0.15) is 11.8 Å². The van der Waals surface area contributed by atoms with Crippen molar-refractivity contribution in [2.45, 2.75) is 13.5 Å². The van der Waals surface area contributed by atoms with Gasteiger partial charge in [-0.15, -0.1) is 0 Å². The molecule has 5 heteroatoms. The first-order chi connectivity index (χ1) is 7.69. The van der Waals surface area contributed by atoms with E-state index in [1.54, 1.807) is 23.9 Å². The van der Waals surface area contributed by atoms with Crippen molar-refractivity contribution in [1.82, 2.24) is 0 Å². The number of thioether (sulfide) groups is 1. The van der Waals surface area contributed by atoms with Crippen LogP contribution in [0.1, 0.15) is 12.5 Å². The van der Waals surface area contributed by atoms with Crippen LogP contribution in [0.4, 0.5) is 0 Å². The molecule has 2 nitrogen and oxygen atoms in total. The zero-order valence-electron chi connectivity index (χ0n) is 9.00. The van der Waals surface area contributed by atoms with Gasteiger partial charge in [0.2, 0.25) is 0 Å². The molecule has 0 spiro atoms. The summed E-state index contributed by atoms with van der Waals surface area (Å²) in [5.41, 5.74) is 0.624. The number of hydrogen-bond acceptors (Lipinski definition) is 3. The maximum Gasteiger partial charge on any atom is 0.143 e. The lowest BCUT2D eigenvalue weighted by molar-refractivity contribution is 0.267. The first kappa shape index (κ1) is 14.0. The summed E-state index contributed by atoms with van der Waals surface area (Å²) in [6.45, 7) is 2.54. The maximum atomic E-state index is 9.17. The van der Waals surface area contributed by atoms with Gasteiger partial charge in [-0.25, -0.2) is 0 Å². The number of hydrogen-bond donors (Lipinski definition) is 1. The summed E-state index contributed by atoms with van der Waals surface area (Å²) in [7, 11) is 0. The second-order valence-electron chi connectivity index (χ2n) is 3.08. The largest absolute Gasteiger partial charge is 0.491 e. The highest BCUT2D eigenvalue weighted by atomic mass is 35.5. The fourth-order valence-electron chi connectivity index (χ4n) is 1.24. The molecule has 0 unspecified atom stereocenters. The molecule has 0 atom stereocenters. The first-order valence-electron chi connectivity index (χ1n) is 4.98. The molecule has 0 saturated carbocycles. The molecule has 0 aromatic heterocycles. The van der Waals surface area contributed by atoms with Crippen molar-refractivity contribution in [3.05, 3.63) is 27.7 Å². The molecular formula is C11H14Cl2O2S. The van der Waals surface area contributed by atoms with E-state index in [4.69, 9.17) is 33.0 Å². The lowest BCUT2D eigenvalue weighted by Gasteiger charge is -2.12. The van der Waals surface area contributed by atoms with Crippen LogP contribution in [0, 0.1) is 0 Å². The topological polar surface area (TPSA) is 29.5 Å². The fourth-order valence-corrected chi connectivity index (χ4v) is 2.32. The van der Waals surface area contributed by atoms with E-state index in [1.165, 1.54) is 0 Å². The molecule has 1 rings (SSSR count). The van der Waals surface area contributed by atoms with E-state index in [9.17, 15) is 0 Å². The van der Waals surface area contributed by atoms with E-state index in [0.29, 0.717) is 28.0 Å². The minimum Gasteiger partial charge on any atom is -0.491 e. The Balaban J connectivity index is 2.70. The summed E-state index contributed by atoms with van der Waals surface area (Å²) in [4.78, 5) is 0. The molecule has 16 heavy (non-hydrogen) atoms. The second kappa shape index (κ2) is 7.28. The lowest BCUT2D eigenvalue weighted by atomic mass is 10.2. The molecule has 0 aliphatic rings. The second-order valence-corrected chi connectivity index (χ2v) is 5.32. The summed E-state index contributed by atoms with van der Waals surface area (Å²) >= 11 is 13.6. The standard InChI is InChI=1S/C11H14Cl2O2S/c1-2-16-4-3-15-11-8(7-14)5-9(12)6-10(11)13/h5-6,14H,2-4,7H2,1H3. The van der Waals surface area contributed by atoms with E-state index in [-0.39, 0.29) is 6.61 Å². The Hall–Kier alpha value is -0.0900. The number of ether oxygens (including phenoxy) is 1. The van der Waals surface area contributed by atoms with Crippen LogP contribution in [0.3, 0.4) is 0 Å². The summed E-state index contributed by atoms with van der Waals surface area (Å²) in [5, 5.41) is 10.1. The Kier molecular flexibility index (Phi) is 6.36. The predicted octanol–water partition coefficient (Wildman–Crippen LogP) is 3.62. The van der Waals surface area contributed by atoms with Crippen LogP contribution < -0.4 is 4.74 Å². The third kappa shape index (κ3) is 4.06. The molecule has 0 radical (unpaired) electrons. The van der Waals surface area contributed by atoms with Gasteiger partial charge in [0.25, 0.3) is 0 Å². The molecule has 0 bridgehead atoms. The quantitative estimate of drug-likeness (QED) is 0.808. The zero-order valence-corrected chi connectivity index (χ0v) is 11.3. The van der Waals surface area contributed by atoms with Crippen molar-refractivity contribution < 1.29 is 9.84 Å². The van der Waals surface area contributed by atoms with Gasteiger partial charge >= 0.3 is 0 Å². The maximum absolute atomic E-state index is 9.17. The zero-order chi connectivity index (χ0) is 12.0. The predicted molar refractivity (Wildman–Crippen MR) is 70.9 cm³/mol. The van der Waals surface area contributed by atoms with Gasteiger partial charge < -0.3 is 9.84 Å². The summed E-state index contributed by atoms with van der Waals surface area (Å²) in [6, 6.07) is 3.28. The van der Waals surface area contributed by atoms with Crippen LogP contribution in [0.5, 0.6) is 5.75 Å². The van der Waals surface area contributed by atoms with Gasteiger partial charge in [-0.1, -0.05) is 30.1 Å². The average Bonchev–Trinajstić information content (AvgIpc) is 2.26. The molecule has 0 aliphatic heterocycles. The minimum atomic E-state index is -0.128. The highest BCUT2D eigenvalue weighted by molar-refractivity contribution is 7.99. The van der Waals surface area contributed by atoms with Gasteiger partial charge in [0, 0.05) is 16.3 Å². The monoisotopic (exact) mass is 280 g/mol. The molecule has 0 aliphatic carbocycles. The van der Waals surface area contributed by atoms with E-state index in [2.05, 4.69) is 6.92 Å². The highest BCUT2D eigenvalue weighted by Crippen LogP contribution is 2.32. The first-order valence-corrected chi connectivity index (χ1v) is 6.89. The van der Waals surface area contributed by atoms with Crippen LogP contribution in [0.2, 0.25) is 10.0 Å². The SMILES string of the molecule is CCSCCOc1c(Cl)cc(Cl)cc1CO. The van der Waals surface area contributed by atoms with Crippen LogP contribution >= 0.6 is 35.0 Å². The Bertz CT molecular complexity index is 345. The van der Waals surface area contributed by atoms with Crippen molar-refractivity contribution in [3.8, 4) is 5.75 Å². The summed E-state index contributed by atoms with van der Waals surface area (Å²) < 4.78 is 5.54. The van der Waals surface area contributed by atoms with Crippen molar-refractivity contribution in [1.29, 1.82) is 0 Å². The Labute approximate surface area is 110 Å². The minimum absolute atomic E-state index is 0.128. The van der Waals surface area contributed by atoms with E-state index >= 15 is 0 Å². The van der Waals surface area contributed by atoms with E-state index in [0.717, 1.165) is 11.5 Å². The molecule has 0 saturated heterocycles. The van der Waals surface area contributed by atoms with Gasteiger partial charge in [0.1, 0.15) is 5.75 Å². The average molecular weight is 281 g/mol. The summed E-state index contributed by atoms with van der Waals surface area (Å²) in [6.07, 6.45) is 0. The third-order valence-corrected chi connectivity index (χ3v) is 3.30. The lowest BCUT2D eigenvalue weighted by Crippen LogP contribution is -2.03. The molecule has 1 aromatic carbocycles. The molecule has 0 heterocycles. The van der Waals surface area contributed by atoms with Gasteiger partial charge in [0.15, 0.2) is 0 Å². The number of aliphatic hydroxyl groups excluding tert-OH is 1. The number of aliphatic hydroxyl groups is 1. The van der Waals surface area contributed by atoms with Gasteiger partial charge in [-0.3, -0.25) is 0 Å². The number of halogens is 2. The Morgan fingerprint density at radius 3 is 2.75 bits per heavy atom. The normalized spacial score (nSPS) is 10.5. The molecule has 1 aromatic rings. The van der Waals surface area contributed by atoms with Crippen LogP contribution in [-0.2, 0) is 6.61 Å². The molecule has 90 valence electrons. The van der Waals surface area contributed by atoms with Crippen LogP contribution in [0.25, 0.3) is 0 Å². The number of rotatable bonds is 6. The highest BCUT2D eigenvalue weighted by Gasteiger charge is 2.09. The van der Waals surface area contributed by atoms with Crippen molar-refractivity contribution in [2.24, 2.45) is 0 Å². The molecular weight excluding hydrogens is 267 g/mol. The van der Waals surface area contributed by atoms with Crippen LogP contribution in [0.15, 0.2) is 12.1 Å². The van der Waals surface area contributed by atoms with Gasteiger partial charge in [-0.05, 0) is 17.9 Å². The van der Waals surface area contributed by atoms with Gasteiger partial charge in [0.05, 0.1) is 18.2 Å². The van der Waals surface area contributed by atoms with Crippen molar-refractivity contribution in [2.75, 3.05) is 18.1 Å². The van der Waals surface area contributed by atoms with Crippen molar-refractivity contribution >= 4 is 35.0 Å². The Morgan fingerprint density at radius 2 is 2.12 bits per heavy atom. The smallest absolute Gasteiger partial charge is 0.143 e. The summed E-state index contributed by atoms with van der Waals surface area (Å²) in [5.74, 6) is 2.50. The fraction of sp³-hybridized carbons (Fsp3) is 0.455. The van der Waals surface area contributed by atoms with E-state index in [1.807, 2.05) is 0 Å².